The summed E-state index contributed by atoms with van der Waals surface area (Å²) in [5.74, 6) is -0.420. The lowest BCUT2D eigenvalue weighted by Gasteiger charge is -2.10. The third kappa shape index (κ3) is 1.64. The van der Waals surface area contributed by atoms with Crippen molar-refractivity contribution in [3.8, 4) is 0 Å². The molecule has 0 spiro atoms. The average Bonchev–Trinajstić information content (AvgIpc) is 2.49. The molecule has 1 aliphatic rings. The van der Waals surface area contributed by atoms with Crippen molar-refractivity contribution < 1.29 is 9.90 Å². The van der Waals surface area contributed by atoms with Gasteiger partial charge in [0.05, 0.1) is 0 Å². The first kappa shape index (κ1) is 10.9. The number of hydrogen-bond acceptors (Lipinski definition) is 1. The van der Waals surface area contributed by atoms with E-state index in [1.54, 1.807) is 0 Å². The second kappa shape index (κ2) is 3.78. The zero-order valence-corrected chi connectivity index (χ0v) is 9.87. The first-order chi connectivity index (χ1) is 7.50. The van der Waals surface area contributed by atoms with Crippen LogP contribution in [0.4, 0.5) is 0 Å². The summed E-state index contributed by atoms with van der Waals surface area (Å²) in [5.41, 5.74) is 5.90. The molecule has 0 saturated heterocycles. The van der Waals surface area contributed by atoms with Gasteiger partial charge in [0.2, 0.25) is 0 Å². The number of carbonyl (C=O) groups is 1. The van der Waals surface area contributed by atoms with E-state index in [0.29, 0.717) is 5.92 Å². The van der Waals surface area contributed by atoms with E-state index in [2.05, 4.69) is 26.0 Å². The smallest absolute Gasteiger partial charge is 0.328 e. The van der Waals surface area contributed by atoms with Gasteiger partial charge in [-0.25, -0.2) is 4.79 Å². The molecule has 1 N–H and O–H groups in total. The van der Waals surface area contributed by atoms with Gasteiger partial charge >= 0.3 is 5.97 Å². The number of carboxylic acid groups (broad SMARTS) is 1. The maximum absolute atomic E-state index is 10.8. The Morgan fingerprint density at radius 3 is 2.62 bits per heavy atom. The Kier molecular flexibility index (Phi) is 2.58. The molecular formula is C14H16O2. The molecule has 0 aliphatic heterocycles. The highest BCUT2D eigenvalue weighted by molar-refractivity contribution is 5.93. The van der Waals surface area contributed by atoms with E-state index < -0.39 is 5.97 Å². The molecule has 1 aromatic carbocycles. The van der Waals surface area contributed by atoms with Gasteiger partial charge < -0.3 is 5.11 Å². The Hall–Kier alpha value is -1.57. The van der Waals surface area contributed by atoms with E-state index in [-0.39, 0.29) is 0 Å². The number of rotatable bonds is 1. The Bertz CT molecular complexity index is 484. The Morgan fingerprint density at radius 2 is 2.00 bits per heavy atom. The minimum Gasteiger partial charge on any atom is -0.478 e. The molecule has 1 atom stereocenters. The van der Waals surface area contributed by atoms with Crippen molar-refractivity contribution in [1.29, 1.82) is 0 Å². The van der Waals surface area contributed by atoms with Gasteiger partial charge in [-0.05, 0) is 54.0 Å². The van der Waals surface area contributed by atoms with Crippen LogP contribution in [0.1, 0.15) is 41.5 Å². The summed E-state index contributed by atoms with van der Waals surface area (Å²) in [5, 5.41) is 8.87. The van der Waals surface area contributed by atoms with Gasteiger partial charge in [0.1, 0.15) is 0 Å². The molecule has 2 heteroatoms. The lowest BCUT2D eigenvalue weighted by Crippen LogP contribution is -1.94. The SMILES string of the molecule is Cc1ccc(C)c2c1/C(=C/C(=O)O)CC2C. The Morgan fingerprint density at radius 1 is 1.38 bits per heavy atom. The van der Waals surface area contributed by atoms with Gasteiger partial charge in [0.25, 0.3) is 0 Å². The third-order valence-corrected chi connectivity index (χ3v) is 3.31. The first-order valence-corrected chi connectivity index (χ1v) is 5.54. The zero-order valence-electron chi connectivity index (χ0n) is 9.87. The van der Waals surface area contributed by atoms with Crippen LogP contribution in [0.3, 0.4) is 0 Å². The topological polar surface area (TPSA) is 37.3 Å². The summed E-state index contributed by atoms with van der Waals surface area (Å²) in [6.07, 6.45) is 2.20. The maximum atomic E-state index is 10.8. The van der Waals surface area contributed by atoms with E-state index in [1.807, 2.05) is 6.92 Å². The molecule has 1 aromatic rings. The molecular weight excluding hydrogens is 200 g/mol. The number of fused-ring (bicyclic) bond motifs is 1. The highest BCUT2D eigenvalue weighted by Crippen LogP contribution is 2.43. The number of aliphatic carboxylic acids is 1. The van der Waals surface area contributed by atoms with Crippen LogP contribution in [0.25, 0.3) is 5.57 Å². The van der Waals surface area contributed by atoms with Crippen molar-refractivity contribution in [2.24, 2.45) is 0 Å². The summed E-state index contributed by atoms with van der Waals surface area (Å²) >= 11 is 0. The number of hydrogen-bond donors (Lipinski definition) is 1. The molecule has 2 nitrogen and oxygen atoms in total. The Labute approximate surface area is 95.6 Å². The van der Waals surface area contributed by atoms with E-state index in [1.165, 1.54) is 22.8 Å². The van der Waals surface area contributed by atoms with Crippen LogP contribution in [0.15, 0.2) is 18.2 Å². The molecule has 0 radical (unpaired) electrons. The second-order valence-corrected chi connectivity index (χ2v) is 4.60. The molecule has 1 unspecified atom stereocenters. The molecule has 16 heavy (non-hydrogen) atoms. The van der Waals surface area contributed by atoms with Crippen molar-refractivity contribution in [3.05, 3.63) is 40.5 Å². The summed E-state index contributed by atoms with van der Waals surface area (Å²) in [6, 6.07) is 4.19. The fourth-order valence-electron chi connectivity index (χ4n) is 2.71. The van der Waals surface area contributed by atoms with Crippen LogP contribution < -0.4 is 0 Å². The fraction of sp³-hybridized carbons (Fsp3) is 0.357. The normalized spacial score (nSPS) is 21.2. The van der Waals surface area contributed by atoms with E-state index >= 15 is 0 Å². The monoisotopic (exact) mass is 216 g/mol. The van der Waals surface area contributed by atoms with Crippen molar-refractivity contribution in [3.63, 3.8) is 0 Å². The van der Waals surface area contributed by atoms with Crippen LogP contribution in [0.5, 0.6) is 0 Å². The predicted molar refractivity (Wildman–Crippen MR) is 64.6 cm³/mol. The van der Waals surface area contributed by atoms with Gasteiger partial charge in [-0.15, -0.1) is 0 Å². The van der Waals surface area contributed by atoms with E-state index in [9.17, 15) is 4.79 Å². The minimum atomic E-state index is -0.851. The standard InChI is InChI=1S/C14H16O2/c1-8-4-5-9(2)14-11(7-12(15)16)6-10(3)13(8)14/h4-5,7,10H,6H2,1-3H3,(H,15,16)/b11-7+. The van der Waals surface area contributed by atoms with Crippen LogP contribution in [0.2, 0.25) is 0 Å². The van der Waals surface area contributed by atoms with Gasteiger partial charge in [-0.2, -0.15) is 0 Å². The van der Waals surface area contributed by atoms with Gasteiger partial charge in [-0.1, -0.05) is 19.1 Å². The van der Waals surface area contributed by atoms with E-state index in [0.717, 1.165) is 17.6 Å². The van der Waals surface area contributed by atoms with Crippen LogP contribution in [-0.4, -0.2) is 11.1 Å². The van der Waals surface area contributed by atoms with E-state index in [4.69, 9.17) is 5.11 Å². The molecule has 0 fully saturated rings. The Balaban J connectivity index is 2.66. The molecule has 0 saturated carbocycles. The van der Waals surface area contributed by atoms with Gasteiger partial charge in [0, 0.05) is 6.08 Å². The largest absolute Gasteiger partial charge is 0.478 e. The number of carboxylic acids is 1. The summed E-state index contributed by atoms with van der Waals surface area (Å²) < 4.78 is 0. The van der Waals surface area contributed by atoms with Crippen LogP contribution in [0, 0.1) is 13.8 Å². The number of allylic oxidation sites excluding steroid dienone is 1. The molecule has 0 amide bonds. The van der Waals surface area contributed by atoms with Crippen molar-refractivity contribution >= 4 is 11.5 Å². The van der Waals surface area contributed by atoms with Crippen molar-refractivity contribution in [2.75, 3.05) is 0 Å². The van der Waals surface area contributed by atoms with Crippen LogP contribution >= 0.6 is 0 Å². The highest BCUT2D eigenvalue weighted by Gasteiger charge is 2.26. The molecule has 2 rings (SSSR count). The summed E-state index contributed by atoms with van der Waals surface area (Å²) in [4.78, 5) is 10.8. The van der Waals surface area contributed by atoms with Crippen molar-refractivity contribution in [1.82, 2.24) is 0 Å². The maximum Gasteiger partial charge on any atom is 0.328 e. The van der Waals surface area contributed by atoms with Crippen molar-refractivity contribution in [2.45, 2.75) is 33.1 Å². The summed E-state index contributed by atoms with van der Waals surface area (Å²) in [6.45, 7) is 6.30. The zero-order chi connectivity index (χ0) is 11.9. The molecule has 0 heterocycles. The number of benzene rings is 1. The molecule has 0 aromatic heterocycles. The van der Waals surface area contributed by atoms with Gasteiger partial charge in [-0.3, -0.25) is 0 Å². The summed E-state index contributed by atoms with van der Waals surface area (Å²) in [7, 11) is 0. The predicted octanol–water partition coefficient (Wildman–Crippen LogP) is 3.28. The van der Waals surface area contributed by atoms with Gasteiger partial charge in [0.15, 0.2) is 0 Å². The molecule has 0 bridgehead atoms. The lowest BCUT2D eigenvalue weighted by molar-refractivity contribution is -0.131. The third-order valence-electron chi connectivity index (χ3n) is 3.31. The highest BCUT2D eigenvalue weighted by atomic mass is 16.4. The first-order valence-electron chi connectivity index (χ1n) is 5.54. The number of aryl methyl sites for hydroxylation is 2. The molecule has 1 aliphatic carbocycles. The fourth-order valence-corrected chi connectivity index (χ4v) is 2.71. The quantitative estimate of drug-likeness (QED) is 0.731. The molecule has 84 valence electrons. The van der Waals surface area contributed by atoms with Crippen LogP contribution in [-0.2, 0) is 4.79 Å². The lowest BCUT2D eigenvalue weighted by atomic mass is 9.95. The average molecular weight is 216 g/mol. The second-order valence-electron chi connectivity index (χ2n) is 4.60. The minimum absolute atomic E-state index is 0.431.